The smallest absolute Gasteiger partial charge is 0.219 e. The molecule has 0 unspecified atom stereocenters. The second-order valence-corrected chi connectivity index (χ2v) is 4.54. The number of nitrogens with zero attached hydrogens (tertiary/aromatic N) is 3. The summed E-state index contributed by atoms with van der Waals surface area (Å²) in [7, 11) is 0. The average molecular weight is 255 g/mol. The van der Waals surface area contributed by atoms with Gasteiger partial charge in [0, 0.05) is 32.1 Å². The number of carbonyl (C=O) groups is 1. The lowest BCUT2D eigenvalue weighted by Gasteiger charge is -2.31. The predicted molar refractivity (Wildman–Crippen MR) is 65.9 cm³/mol. The van der Waals surface area contributed by atoms with Gasteiger partial charge >= 0.3 is 0 Å². The molecule has 1 fully saturated rings. The molecular formula is C11H15ClN4O. The van der Waals surface area contributed by atoms with E-state index in [1.165, 1.54) is 6.33 Å². The van der Waals surface area contributed by atoms with Gasteiger partial charge in [-0.25, -0.2) is 9.97 Å². The minimum atomic E-state index is 0.147. The lowest BCUT2D eigenvalue weighted by molar-refractivity contribution is -0.129. The zero-order chi connectivity index (χ0) is 12.3. The average Bonchev–Trinajstić information content (AvgIpc) is 2.29. The fourth-order valence-corrected chi connectivity index (χ4v) is 2.11. The first-order chi connectivity index (χ1) is 8.15. The van der Waals surface area contributed by atoms with Crippen molar-refractivity contribution in [3.8, 4) is 0 Å². The molecule has 1 aromatic rings. The Morgan fingerprint density at radius 3 is 2.76 bits per heavy atom. The quantitative estimate of drug-likeness (QED) is 0.814. The van der Waals surface area contributed by atoms with Crippen LogP contribution in [0.15, 0.2) is 12.4 Å². The van der Waals surface area contributed by atoms with Crippen LogP contribution in [0.1, 0.15) is 19.8 Å². The minimum Gasteiger partial charge on any atom is -0.367 e. The van der Waals surface area contributed by atoms with Gasteiger partial charge in [-0.05, 0) is 12.8 Å². The standard InChI is InChI=1S/C11H15ClN4O/c1-8(17)16-4-2-9(3-5-16)15-11-6-10(12)13-7-14-11/h6-7,9H,2-5H2,1H3,(H,13,14,15). The van der Waals surface area contributed by atoms with Crippen LogP contribution in [0.25, 0.3) is 0 Å². The molecule has 0 aliphatic carbocycles. The summed E-state index contributed by atoms with van der Waals surface area (Å²) in [6.07, 6.45) is 3.30. The highest BCUT2D eigenvalue weighted by molar-refractivity contribution is 6.29. The normalized spacial score (nSPS) is 16.9. The van der Waals surface area contributed by atoms with Crippen LogP contribution in [0, 0.1) is 0 Å². The molecule has 2 heterocycles. The highest BCUT2D eigenvalue weighted by atomic mass is 35.5. The summed E-state index contributed by atoms with van der Waals surface area (Å²) < 4.78 is 0. The largest absolute Gasteiger partial charge is 0.367 e. The van der Waals surface area contributed by atoms with E-state index in [-0.39, 0.29) is 5.91 Å². The molecule has 6 heteroatoms. The first kappa shape index (κ1) is 12.1. The minimum absolute atomic E-state index is 0.147. The Kier molecular flexibility index (Phi) is 3.78. The van der Waals surface area contributed by atoms with E-state index < -0.39 is 0 Å². The lowest BCUT2D eigenvalue weighted by atomic mass is 10.1. The highest BCUT2D eigenvalue weighted by Crippen LogP contribution is 2.16. The molecule has 0 saturated carbocycles. The third-order valence-corrected chi connectivity index (χ3v) is 3.13. The monoisotopic (exact) mass is 254 g/mol. The zero-order valence-electron chi connectivity index (χ0n) is 9.69. The van der Waals surface area contributed by atoms with Gasteiger partial charge in [0.2, 0.25) is 5.91 Å². The Hall–Kier alpha value is -1.36. The van der Waals surface area contributed by atoms with Gasteiger partial charge in [-0.1, -0.05) is 11.6 Å². The van der Waals surface area contributed by atoms with Gasteiger partial charge in [-0.15, -0.1) is 0 Å². The maximum Gasteiger partial charge on any atom is 0.219 e. The van der Waals surface area contributed by atoms with Crippen molar-refractivity contribution in [3.63, 3.8) is 0 Å². The first-order valence-corrected chi connectivity index (χ1v) is 6.02. The summed E-state index contributed by atoms with van der Waals surface area (Å²) in [4.78, 5) is 21.0. The third-order valence-electron chi connectivity index (χ3n) is 2.93. The van der Waals surface area contributed by atoms with Crippen LogP contribution in [-0.2, 0) is 4.79 Å². The van der Waals surface area contributed by atoms with E-state index in [9.17, 15) is 4.79 Å². The fourth-order valence-electron chi connectivity index (χ4n) is 1.96. The Morgan fingerprint density at radius 1 is 1.47 bits per heavy atom. The number of hydrogen-bond donors (Lipinski definition) is 1. The molecule has 5 nitrogen and oxygen atoms in total. The van der Waals surface area contributed by atoms with Crippen molar-refractivity contribution in [1.29, 1.82) is 0 Å². The SMILES string of the molecule is CC(=O)N1CCC(Nc2cc(Cl)ncn2)CC1. The number of rotatable bonds is 2. The van der Waals surface area contributed by atoms with E-state index >= 15 is 0 Å². The molecule has 92 valence electrons. The van der Waals surface area contributed by atoms with Crippen molar-refractivity contribution >= 4 is 23.3 Å². The second-order valence-electron chi connectivity index (χ2n) is 4.15. The molecule has 1 aliphatic rings. The molecule has 2 rings (SSSR count). The molecule has 1 amide bonds. The van der Waals surface area contributed by atoms with Crippen molar-refractivity contribution in [1.82, 2.24) is 14.9 Å². The van der Waals surface area contributed by atoms with Crippen LogP contribution in [0.5, 0.6) is 0 Å². The summed E-state index contributed by atoms with van der Waals surface area (Å²) >= 11 is 5.78. The molecule has 17 heavy (non-hydrogen) atoms. The van der Waals surface area contributed by atoms with E-state index in [0.29, 0.717) is 11.2 Å². The van der Waals surface area contributed by atoms with Crippen molar-refractivity contribution in [2.24, 2.45) is 0 Å². The Morgan fingerprint density at radius 2 is 2.18 bits per heavy atom. The zero-order valence-corrected chi connectivity index (χ0v) is 10.4. The van der Waals surface area contributed by atoms with Gasteiger partial charge in [-0.3, -0.25) is 4.79 Å². The number of hydrogen-bond acceptors (Lipinski definition) is 4. The van der Waals surface area contributed by atoms with Gasteiger partial charge in [-0.2, -0.15) is 0 Å². The molecule has 0 atom stereocenters. The van der Waals surface area contributed by atoms with Crippen LogP contribution in [-0.4, -0.2) is 39.9 Å². The number of nitrogens with one attached hydrogen (secondary N) is 1. The number of halogens is 1. The number of anilines is 1. The molecule has 0 aromatic carbocycles. The van der Waals surface area contributed by atoms with Crippen molar-refractivity contribution in [3.05, 3.63) is 17.5 Å². The van der Waals surface area contributed by atoms with Gasteiger partial charge in [0.1, 0.15) is 17.3 Å². The Labute approximate surface area is 105 Å². The van der Waals surface area contributed by atoms with Crippen LogP contribution >= 0.6 is 11.6 Å². The number of piperidine rings is 1. The number of aromatic nitrogens is 2. The topological polar surface area (TPSA) is 58.1 Å². The highest BCUT2D eigenvalue weighted by Gasteiger charge is 2.20. The van der Waals surface area contributed by atoms with Crippen LogP contribution in [0.3, 0.4) is 0 Å². The maximum absolute atomic E-state index is 11.2. The summed E-state index contributed by atoms with van der Waals surface area (Å²) in [5.74, 6) is 0.889. The Balaban J connectivity index is 1.88. The van der Waals surface area contributed by atoms with Gasteiger partial charge in [0.05, 0.1) is 0 Å². The second kappa shape index (κ2) is 5.31. The van der Waals surface area contributed by atoms with E-state index in [1.807, 2.05) is 4.90 Å². The van der Waals surface area contributed by atoms with Crippen molar-refractivity contribution in [2.45, 2.75) is 25.8 Å². The maximum atomic E-state index is 11.2. The molecule has 1 aliphatic heterocycles. The molecule has 1 aromatic heterocycles. The van der Waals surface area contributed by atoms with Gasteiger partial charge in [0.25, 0.3) is 0 Å². The van der Waals surface area contributed by atoms with Gasteiger partial charge in [0.15, 0.2) is 0 Å². The number of likely N-dealkylation sites (tertiary alicyclic amines) is 1. The molecule has 0 spiro atoms. The summed E-state index contributed by atoms with van der Waals surface area (Å²) in [5, 5.41) is 3.74. The Bertz CT molecular complexity index is 404. The van der Waals surface area contributed by atoms with Crippen LogP contribution < -0.4 is 5.32 Å². The molecule has 1 N–H and O–H groups in total. The lowest BCUT2D eigenvalue weighted by Crippen LogP contribution is -2.41. The fraction of sp³-hybridized carbons (Fsp3) is 0.545. The van der Waals surface area contributed by atoms with Crippen LogP contribution in [0.2, 0.25) is 5.15 Å². The van der Waals surface area contributed by atoms with Gasteiger partial charge < -0.3 is 10.2 Å². The number of amides is 1. The van der Waals surface area contributed by atoms with Crippen molar-refractivity contribution in [2.75, 3.05) is 18.4 Å². The first-order valence-electron chi connectivity index (χ1n) is 5.65. The van der Waals surface area contributed by atoms with E-state index in [4.69, 9.17) is 11.6 Å². The van der Waals surface area contributed by atoms with E-state index in [2.05, 4.69) is 15.3 Å². The summed E-state index contributed by atoms with van der Waals surface area (Å²) in [5.41, 5.74) is 0. The summed E-state index contributed by atoms with van der Waals surface area (Å²) in [6, 6.07) is 2.05. The molecule has 1 saturated heterocycles. The van der Waals surface area contributed by atoms with E-state index in [0.717, 1.165) is 31.7 Å². The third kappa shape index (κ3) is 3.30. The number of carbonyl (C=O) groups excluding carboxylic acids is 1. The molecule has 0 bridgehead atoms. The van der Waals surface area contributed by atoms with Crippen molar-refractivity contribution < 1.29 is 4.79 Å². The van der Waals surface area contributed by atoms with Crippen LogP contribution in [0.4, 0.5) is 5.82 Å². The molecular weight excluding hydrogens is 240 g/mol. The summed E-state index contributed by atoms with van der Waals surface area (Å²) in [6.45, 7) is 3.20. The predicted octanol–water partition coefficient (Wildman–Crippen LogP) is 1.55. The van der Waals surface area contributed by atoms with E-state index in [1.54, 1.807) is 13.0 Å². The molecule has 0 radical (unpaired) electrons.